The fourth-order valence-electron chi connectivity index (χ4n) is 1.43. The fraction of sp³-hybridized carbons (Fsp3) is 0.0833. The van der Waals surface area contributed by atoms with Crippen LogP contribution in [0, 0.1) is 0 Å². The van der Waals surface area contributed by atoms with Crippen LogP contribution in [0.1, 0.15) is 10.4 Å². The van der Waals surface area contributed by atoms with Crippen molar-refractivity contribution in [2.24, 2.45) is 0 Å². The number of hydrogen-bond donors (Lipinski definition) is 2. The van der Waals surface area contributed by atoms with Crippen molar-refractivity contribution in [2.75, 3.05) is 7.11 Å². The Kier molecular flexibility index (Phi) is 4.04. The zero-order valence-electron chi connectivity index (χ0n) is 10.2. The van der Waals surface area contributed by atoms with Gasteiger partial charge in [0.25, 0.3) is 5.56 Å². The maximum atomic E-state index is 11.4. The van der Waals surface area contributed by atoms with Gasteiger partial charge in [0, 0.05) is 0 Å². The molecule has 1 aromatic carbocycles. The highest BCUT2D eigenvalue weighted by atomic mass is 79.9. The van der Waals surface area contributed by atoms with Crippen LogP contribution in [-0.2, 0) is 0 Å². The van der Waals surface area contributed by atoms with E-state index in [-0.39, 0.29) is 21.7 Å². The van der Waals surface area contributed by atoms with Gasteiger partial charge in [0.15, 0.2) is 11.5 Å². The minimum absolute atomic E-state index is 0.00888. The van der Waals surface area contributed by atoms with Gasteiger partial charge in [-0.1, -0.05) is 0 Å². The summed E-state index contributed by atoms with van der Waals surface area (Å²) in [7, 11) is 1.42. The molecule has 2 N–H and O–H groups in total. The summed E-state index contributed by atoms with van der Waals surface area (Å²) in [6.45, 7) is 0. The number of nitrogens with zero attached hydrogens (tertiary/aromatic N) is 1. The number of hydrogen-bond acceptors (Lipinski definition) is 5. The summed E-state index contributed by atoms with van der Waals surface area (Å²) < 4.78 is 10.6. The molecule has 7 nitrogen and oxygen atoms in total. The summed E-state index contributed by atoms with van der Waals surface area (Å²) in [4.78, 5) is 28.6. The summed E-state index contributed by atoms with van der Waals surface area (Å²) in [6, 6.07) is 4.13. The molecule has 20 heavy (non-hydrogen) atoms. The number of ether oxygens (including phenoxy) is 2. The zero-order chi connectivity index (χ0) is 14.7. The van der Waals surface area contributed by atoms with Crippen molar-refractivity contribution in [3.63, 3.8) is 0 Å². The van der Waals surface area contributed by atoms with Crippen LogP contribution in [0.4, 0.5) is 0 Å². The first-order valence-corrected chi connectivity index (χ1v) is 6.14. The maximum Gasteiger partial charge on any atom is 0.335 e. The number of methoxy groups -OCH3 is 1. The molecule has 0 amide bonds. The van der Waals surface area contributed by atoms with Gasteiger partial charge in [-0.25, -0.2) is 9.78 Å². The van der Waals surface area contributed by atoms with Crippen molar-refractivity contribution in [3.8, 4) is 17.4 Å². The molecule has 8 heteroatoms. The Morgan fingerprint density at radius 1 is 1.40 bits per heavy atom. The average molecular weight is 341 g/mol. The lowest BCUT2D eigenvalue weighted by Gasteiger charge is -2.10. The van der Waals surface area contributed by atoms with Gasteiger partial charge in [-0.15, -0.1) is 0 Å². The van der Waals surface area contributed by atoms with Gasteiger partial charge in [-0.3, -0.25) is 4.79 Å². The number of rotatable bonds is 4. The summed E-state index contributed by atoms with van der Waals surface area (Å²) >= 11 is 3.04. The normalized spacial score (nSPS) is 10.1. The third-order valence-corrected chi connectivity index (χ3v) is 3.08. The molecule has 0 aliphatic rings. The molecule has 1 heterocycles. The minimum atomic E-state index is -1.10. The second kappa shape index (κ2) is 5.74. The van der Waals surface area contributed by atoms with Gasteiger partial charge in [-0.2, -0.15) is 0 Å². The van der Waals surface area contributed by atoms with Crippen molar-refractivity contribution < 1.29 is 19.4 Å². The molecular weight excluding hydrogens is 332 g/mol. The van der Waals surface area contributed by atoms with E-state index in [1.165, 1.54) is 31.6 Å². The van der Waals surface area contributed by atoms with Gasteiger partial charge >= 0.3 is 5.97 Å². The molecule has 2 aromatic rings. The summed E-state index contributed by atoms with van der Waals surface area (Å²) in [5.74, 6) is -0.625. The number of aromatic carboxylic acids is 1. The number of carboxylic acids is 1. The number of aromatic nitrogens is 2. The number of carboxylic acid groups (broad SMARTS) is 1. The van der Waals surface area contributed by atoms with Crippen LogP contribution in [0.5, 0.6) is 17.4 Å². The van der Waals surface area contributed by atoms with Crippen molar-refractivity contribution in [3.05, 3.63) is 44.9 Å². The first-order valence-electron chi connectivity index (χ1n) is 5.35. The van der Waals surface area contributed by atoms with Crippen LogP contribution >= 0.6 is 15.9 Å². The van der Waals surface area contributed by atoms with Gasteiger partial charge in [0.1, 0.15) is 4.47 Å². The van der Waals surface area contributed by atoms with Crippen molar-refractivity contribution in [1.29, 1.82) is 0 Å². The number of benzene rings is 1. The van der Waals surface area contributed by atoms with E-state index in [2.05, 4.69) is 25.9 Å². The van der Waals surface area contributed by atoms with E-state index in [1.807, 2.05) is 0 Å². The van der Waals surface area contributed by atoms with Crippen LogP contribution in [0.3, 0.4) is 0 Å². The standard InChI is InChI=1S/C12H9BrN2O5/c1-19-7-3-2-6(12(17)18)4-8(7)20-11-9(13)10(16)14-5-15-11/h2-5H,1H3,(H,17,18)(H,14,15,16). The second-order valence-corrected chi connectivity index (χ2v) is 4.42. The Balaban J connectivity index is 2.46. The minimum Gasteiger partial charge on any atom is -0.493 e. The highest BCUT2D eigenvalue weighted by molar-refractivity contribution is 9.10. The predicted octanol–water partition coefficient (Wildman–Crippen LogP) is 2.03. The van der Waals surface area contributed by atoms with Crippen LogP contribution in [0.2, 0.25) is 0 Å². The van der Waals surface area contributed by atoms with Crippen LogP contribution in [0.25, 0.3) is 0 Å². The summed E-state index contributed by atoms with van der Waals surface area (Å²) in [6.07, 6.45) is 1.18. The zero-order valence-corrected chi connectivity index (χ0v) is 11.8. The molecule has 0 fully saturated rings. The van der Waals surface area contributed by atoms with E-state index in [9.17, 15) is 9.59 Å². The molecule has 0 aliphatic heterocycles. The van der Waals surface area contributed by atoms with Gasteiger partial charge in [0.05, 0.1) is 19.0 Å². The van der Waals surface area contributed by atoms with Gasteiger partial charge < -0.3 is 19.6 Å². The lowest BCUT2D eigenvalue weighted by Crippen LogP contribution is -2.08. The predicted molar refractivity (Wildman–Crippen MR) is 72.6 cm³/mol. The molecule has 0 aliphatic carbocycles. The quantitative estimate of drug-likeness (QED) is 0.882. The van der Waals surface area contributed by atoms with E-state index in [0.29, 0.717) is 5.75 Å². The van der Waals surface area contributed by atoms with Crippen molar-refractivity contribution >= 4 is 21.9 Å². The molecule has 0 spiro atoms. The molecule has 1 aromatic heterocycles. The molecule has 2 rings (SSSR count). The lowest BCUT2D eigenvalue weighted by atomic mass is 10.2. The van der Waals surface area contributed by atoms with Crippen LogP contribution in [-0.4, -0.2) is 28.2 Å². The first-order chi connectivity index (χ1) is 9.52. The summed E-state index contributed by atoms with van der Waals surface area (Å²) in [5.41, 5.74) is -0.384. The molecule has 0 radical (unpaired) electrons. The monoisotopic (exact) mass is 340 g/mol. The highest BCUT2D eigenvalue weighted by Crippen LogP contribution is 2.33. The number of carbonyl (C=O) groups is 1. The smallest absolute Gasteiger partial charge is 0.335 e. The van der Waals surface area contributed by atoms with Gasteiger partial charge in [0.2, 0.25) is 5.88 Å². The largest absolute Gasteiger partial charge is 0.493 e. The second-order valence-electron chi connectivity index (χ2n) is 3.62. The average Bonchev–Trinajstić information content (AvgIpc) is 2.43. The van der Waals surface area contributed by atoms with Crippen molar-refractivity contribution in [2.45, 2.75) is 0 Å². The van der Waals surface area contributed by atoms with E-state index < -0.39 is 11.5 Å². The Morgan fingerprint density at radius 2 is 2.15 bits per heavy atom. The summed E-state index contributed by atoms with van der Waals surface area (Å²) in [5, 5.41) is 8.96. The van der Waals surface area contributed by atoms with E-state index in [1.54, 1.807) is 0 Å². The molecule has 104 valence electrons. The molecule has 0 saturated heterocycles. The Hall–Kier alpha value is -2.35. The topological polar surface area (TPSA) is 102 Å². The number of aromatic amines is 1. The van der Waals surface area contributed by atoms with E-state index >= 15 is 0 Å². The molecular formula is C12H9BrN2O5. The number of H-pyrrole nitrogens is 1. The molecule has 0 saturated carbocycles. The Bertz CT molecular complexity index is 713. The highest BCUT2D eigenvalue weighted by Gasteiger charge is 2.14. The van der Waals surface area contributed by atoms with Gasteiger partial charge in [-0.05, 0) is 34.1 Å². The van der Waals surface area contributed by atoms with Crippen molar-refractivity contribution in [1.82, 2.24) is 9.97 Å². The third kappa shape index (κ3) is 2.80. The van der Waals surface area contributed by atoms with Crippen LogP contribution < -0.4 is 15.0 Å². The Morgan fingerprint density at radius 3 is 2.80 bits per heavy atom. The van der Waals surface area contributed by atoms with Crippen LogP contribution in [0.15, 0.2) is 33.8 Å². The first kappa shape index (κ1) is 14.1. The number of halogens is 1. The van der Waals surface area contributed by atoms with E-state index in [0.717, 1.165) is 0 Å². The lowest BCUT2D eigenvalue weighted by molar-refractivity contribution is 0.0696. The number of nitrogens with one attached hydrogen (secondary N) is 1. The molecule has 0 unspecified atom stereocenters. The third-order valence-electron chi connectivity index (χ3n) is 2.38. The fourth-order valence-corrected chi connectivity index (χ4v) is 1.73. The SMILES string of the molecule is COc1ccc(C(=O)O)cc1Oc1nc[nH]c(=O)c1Br. The Labute approximate surface area is 121 Å². The maximum absolute atomic E-state index is 11.4. The molecule has 0 atom stereocenters. The molecule has 0 bridgehead atoms. The van der Waals surface area contributed by atoms with E-state index in [4.69, 9.17) is 14.6 Å².